The molecule has 3 rings (SSSR count). The summed E-state index contributed by atoms with van der Waals surface area (Å²) in [6, 6.07) is 7.25. The lowest BCUT2D eigenvalue weighted by atomic mass is 10.1. The second kappa shape index (κ2) is 7.03. The van der Waals surface area contributed by atoms with Gasteiger partial charge >= 0.3 is 11.9 Å². The van der Waals surface area contributed by atoms with Gasteiger partial charge in [0.15, 0.2) is 0 Å². The summed E-state index contributed by atoms with van der Waals surface area (Å²) in [5.74, 6) is -1.93. The van der Waals surface area contributed by atoms with Gasteiger partial charge in [0.05, 0.1) is 13.2 Å². The van der Waals surface area contributed by atoms with Gasteiger partial charge in [-0.05, 0) is 36.8 Å². The summed E-state index contributed by atoms with van der Waals surface area (Å²) >= 11 is 0. The van der Waals surface area contributed by atoms with Gasteiger partial charge in [-0.1, -0.05) is 6.07 Å². The molecule has 1 aliphatic heterocycles. The third-order valence-electron chi connectivity index (χ3n) is 3.70. The third-order valence-corrected chi connectivity index (χ3v) is 3.70. The Morgan fingerprint density at radius 1 is 1.23 bits per heavy atom. The van der Waals surface area contributed by atoms with Crippen molar-refractivity contribution >= 4 is 18.0 Å². The third kappa shape index (κ3) is 3.93. The van der Waals surface area contributed by atoms with E-state index in [2.05, 4.69) is 5.10 Å². The molecule has 2 heterocycles. The average Bonchev–Trinajstić information content (AvgIpc) is 3.05. The van der Waals surface area contributed by atoms with Crippen LogP contribution in [0.1, 0.15) is 31.9 Å². The fourth-order valence-electron chi connectivity index (χ4n) is 2.62. The fraction of sp³-hybridized carbons (Fsp3) is 0.316. The molecule has 26 heavy (non-hydrogen) atoms. The predicted molar refractivity (Wildman–Crippen MR) is 93.2 cm³/mol. The van der Waals surface area contributed by atoms with Crippen molar-refractivity contribution in [3.05, 3.63) is 53.4 Å². The van der Waals surface area contributed by atoms with Gasteiger partial charge in [0.1, 0.15) is 11.3 Å². The number of hydrogen-bond donors (Lipinski definition) is 0. The molecule has 1 aromatic heterocycles. The molecule has 0 amide bonds. The Kier molecular flexibility index (Phi) is 4.79. The maximum Gasteiger partial charge on any atom is 0.348 e. The molecule has 7 nitrogen and oxygen atoms in total. The highest BCUT2D eigenvalue weighted by Crippen LogP contribution is 2.26. The first-order valence-electron chi connectivity index (χ1n) is 8.29. The van der Waals surface area contributed by atoms with Crippen LogP contribution in [0.15, 0.2) is 42.2 Å². The summed E-state index contributed by atoms with van der Waals surface area (Å²) < 4.78 is 17.7. The van der Waals surface area contributed by atoms with E-state index in [4.69, 9.17) is 14.2 Å². The molecule has 1 aromatic carbocycles. The molecular weight excluding hydrogens is 336 g/mol. The molecule has 0 N–H and O–H groups in total. The molecular formula is C19H20N2O5. The van der Waals surface area contributed by atoms with Gasteiger partial charge in [-0.15, -0.1) is 0 Å². The second-order valence-corrected chi connectivity index (χ2v) is 6.24. The fourth-order valence-corrected chi connectivity index (χ4v) is 2.62. The lowest BCUT2D eigenvalue weighted by Crippen LogP contribution is -2.41. The number of carbonyl (C=O) groups is 2. The number of carbonyl (C=O) groups excluding carboxylic acids is 2. The summed E-state index contributed by atoms with van der Waals surface area (Å²) in [5, 5.41) is 4.20. The number of ether oxygens (including phenoxy) is 3. The number of cyclic esters (lactones) is 2. The quantitative estimate of drug-likeness (QED) is 0.465. The molecule has 1 fully saturated rings. The molecule has 1 saturated heterocycles. The van der Waals surface area contributed by atoms with Crippen LogP contribution >= 0.6 is 0 Å². The van der Waals surface area contributed by atoms with E-state index in [1.807, 2.05) is 25.3 Å². The number of esters is 2. The smallest absolute Gasteiger partial charge is 0.348 e. The van der Waals surface area contributed by atoms with Gasteiger partial charge < -0.3 is 14.2 Å². The zero-order valence-electron chi connectivity index (χ0n) is 14.9. The van der Waals surface area contributed by atoms with E-state index in [9.17, 15) is 9.59 Å². The highest BCUT2D eigenvalue weighted by molar-refractivity contribution is 6.18. The summed E-state index contributed by atoms with van der Waals surface area (Å²) in [6.07, 6.45) is 5.00. The second-order valence-electron chi connectivity index (χ2n) is 6.24. The minimum absolute atomic E-state index is 0.140. The van der Waals surface area contributed by atoms with Crippen molar-refractivity contribution in [3.8, 4) is 5.75 Å². The van der Waals surface area contributed by atoms with Crippen LogP contribution in [0.4, 0.5) is 0 Å². The minimum Gasteiger partial charge on any atom is -0.494 e. The normalized spacial score (nSPS) is 16.0. The van der Waals surface area contributed by atoms with Crippen molar-refractivity contribution in [2.75, 3.05) is 6.61 Å². The average molecular weight is 356 g/mol. The molecule has 0 aliphatic carbocycles. The van der Waals surface area contributed by atoms with Crippen molar-refractivity contribution in [1.82, 2.24) is 9.78 Å². The standard InChI is InChI=1S/C19H20N2O5/c1-4-24-16-7-6-13(10-14(16)12-21-9-5-8-20-21)11-15-17(22)25-19(2,3)26-18(15)23/h5-11H,4,12H2,1-3H3. The number of aromatic nitrogens is 2. The van der Waals surface area contributed by atoms with Gasteiger partial charge in [0, 0.05) is 31.8 Å². The largest absolute Gasteiger partial charge is 0.494 e. The van der Waals surface area contributed by atoms with Crippen molar-refractivity contribution in [3.63, 3.8) is 0 Å². The Morgan fingerprint density at radius 3 is 2.58 bits per heavy atom. The molecule has 0 unspecified atom stereocenters. The van der Waals surface area contributed by atoms with Crippen molar-refractivity contribution in [1.29, 1.82) is 0 Å². The van der Waals surface area contributed by atoms with Crippen molar-refractivity contribution in [2.24, 2.45) is 0 Å². The van der Waals surface area contributed by atoms with Crippen LogP contribution < -0.4 is 4.74 Å². The number of hydrogen-bond acceptors (Lipinski definition) is 6. The van der Waals surface area contributed by atoms with E-state index in [-0.39, 0.29) is 5.57 Å². The Morgan fingerprint density at radius 2 is 1.96 bits per heavy atom. The summed E-state index contributed by atoms with van der Waals surface area (Å²) in [4.78, 5) is 24.2. The molecule has 0 spiro atoms. The summed E-state index contributed by atoms with van der Waals surface area (Å²) in [7, 11) is 0. The highest BCUT2D eigenvalue weighted by Gasteiger charge is 2.38. The zero-order valence-corrected chi connectivity index (χ0v) is 14.9. The van der Waals surface area contributed by atoms with Gasteiger partial charge in [-0.2, -0.15) is 5.10 Å². The molecule has 2 aromatic rings. The molecule has 7 heteroatoms. The van der Waals surface area contributed by atoms with Gasteiger partial charge in [-0.25, -0.2) is 9.59 Å². The molecule has 0 bridgehead atoms. The molecule has 0 radical (unpaired) electrons. The van der Waals surface area contributed by atoms with Crippen LogP contribution in [0.25, 0.3) is 6.08 Å². The molecule has 136 valence electrons. The van der Waals surface area contributed by atoms with E-state index in [0.717, 1.165) is 11.3 Å². The van der Waals surface area contributed by atoms with E-state index < -0.39 is 17.7 Å². The topological polar surface area (TPSA) is 79.7 Å². The van der Waals surface area contributed by atoms with Crippen molar-refractivity contribution < 1.29 is 23.8 Å². The number of rotatable bonds is 5. The first kappa shape index (κ1) is 17.7. The molecule has 1 aliphatic rings. The first-order valence-corrected chi connectivity index (χ1v) is 8.29. The van der Waals surface area contributed by atoms with Gasteiger partial charge in [-0.3, -0.25) is 4.68 Å². The maximum atomic E-state index is 12.1. The van der Waals surface area contributed by atoms with Crippen LogP contribution in [0, 0.1) is 0 Å². The van der Waals surface area contributed by atoms with Crippen LogP contribution in [0.2, 0.25) is 0 Å². The minimum atomic E-state index is -1.25. The van der Waals surface area contributed by atoms with E-state index >= 15 is 0 Å². The highest BCUT2D eigenvalue weighted by atomic mass is 16.7. The van der Waals surface area contributed by atoms with Crippen LogP contribution in [0.3, 0.4) is 0 Å². The van der Waals surface area contributed by atoms with Crippen molar-refractivity contribution in [2.45, 2.75) is 33.1 Å². The Bertz CT molecular complexity index is 831. The number of nitrogens with zero attached hydrogens (tertiary/aromatic N) is 2. The first-order chi connectivity index (χ1) is 12.4. The Balaban J connectivity index is 1.93. The van der Waals surface area contributed by atoms with Crippen LogP contribution in [0.5, 0.6) is 5.75 Å². The molecule has 0 saturated carbocycles. The maximum absolute atomic E-state index is 12.1. The lowest BCUT2D eigenvalue weighted by Gasteiger charge is -2.29. The van der Waals surface area contributed by atoms with Gasteiger partial charge in [0.25, 0.3) is 5.79 Å². The van der Waals surface area contributed by atoms with Crippen LogP contribution in [-0.4, -0.2) is 34.1 Å². The summed E-state index contributed by atoms with van der Waals surface area (Å²) in [6.45, 7) is 5.96. The van der Waals surface area contributed by atoms with E-state index in [0.29, 0.717) is 18.7 Å². The molecule has 0 atom stereocenters. The lowest BCUT2D eigenvalue weighted by molar-refractivity contribution is -0.222. The monoisotopic (exact) mass is 356 g/mol. The van der Waals surface area contributed by atoms with E-state index in [1.54, 1.807) is 23.0 Å². The predicted octanol–water partition coefficient (Wildman–Crippen LogP) is 2.55. The Hall–Kier alpha value is -3.09. The van der Waals surface area contributed by atoms with Gasteiger partial charge in [0.2, 0.25) is 0 Å². The Labute approximate surface area is 151 Å². The summed E-state index contributed by atoms with van der Waals surface area (Å²) in [5.41, 5.74) is 1.40. The SMILES string of the molecule is CCOc1ccc(C=C2C(=O)OC(C)(C)OC2=O)cc1Cn1cccn1. The van der Waals surface area contributed by atoms with E-state index in [1.165, 1.54) is 19.9 Å². The number of benzene rings is 1. The van der Waals surface area contributed by atoms with Crippen LogP contribution in [-0.2, 0) is 25.6 Å². The zero-order chi connectivity index (χ0) is 18.7.